The average molecular weight is 631 g/mol. The van der Waals surface area contributed by atoms with Gasteiger partial charge in [-0.05, 0) is 23.6 Å². The number of urea groups is 1. The van der Waals surface area contributed by atoms with Gasteiger partial charge in [0.2, 0.25) is 11.8 Å². The number of nitrogens with zero attached hydrogens (tertiary/aromatic N) is 6. The SMILES string of the molecule is CCCN(C(=O)NCc1ccccc1)N1CC(=O)N2[C@@H](CC3=CC(C)C(O)C=N3)C(=O)N(Cc3cccc4sc(N)nc34)C[C@@H]21. The van der Waals surface area contributed by atoms with Crippen LogP contribution >= 0.6 is 11.3 Å². The largest absolute Gasteiger partial charge is 0.387 e. The molecule has 4 N–H and O–H groups in total. The third-order valence-electron chi connectivity index (χ3n) is 8.50. The minimum absolute atomic E-state index is 0.0311. The molecule has 0 aliphatic carbocycles. The number of nitrogens with one attached hydrogen (secondary N) is 1. The molecule has 2 fully saturated rings. The maximum atomic E-state index is 14.2. The van der Waals surface area contributed by atoms with Gasteiger partial charge < -0.3 is 26.0 Å². The number of carbonyl (C=O) groups excluding carboxylic acids is 3. The summed E-state index contributed by atoms with van der Waals surface area (Å²) in [5.41, 5.74) is 9.23. The summed E-state index contributed by atoms with van der Waals surface area (Å²) in [6.07, 6.45) is 2.94. The number of hydrogen-bond acceptors (Lipinski definition) is 9. The van der Waals surface area contributed by atoms with Gasteiger partial charge in [-0.3, -0.25) is 19.6 Å². The number of fused-ring (bicyclic) bond motifs is 2. The molecule has 0 saturated carbocycles. The van der Waals surface area contributed by atoms with Gasteiger partial charge in [0.1, 0.15) is 12.2 Å². The van der Waals surface area contributed by atoms with E-state index < -0.39 is 18.3 Å². The second-order valence-corrected chi connectivity index (χ2v) is 12.7. The number of carbonyl (C=O) groups is 3. The fourth-order valence-electron chi connectivity index (χ4n) is 6.24. The van der Waals surface area contributed by atoms with E-state index in [2.05, 4.69) is 15.3 Å². The monoisotopic (exact) mass is 630 g/mol. The van der Waals surface area contributed by atoms with E-state index in [9.17, 15) is 19.5 Å². The summed E-state index contributed by atoms with van der Waals surface area (Å²) in [5, 5.41) is 17.0. The molecule has 45 heavy (non-hydrogen) atoms. The molecule has 13 heteroatoms. The van der Waals surface area contributed by atoms with Crippen molar-refractivity contribution in [2.45, 2.75) is 58.1 Å². The zero-order valence-electron chi connectivity index (χ0n) is 25.4. The van der Waals surface area contributed by atoms with Crippen molar-refractivity contribution in [1.29, 1.82) is 0 Å². The first-order chi connectivity index (χ1) is 21.7. The van der Waals surface area contributed by atoms with Gasteiger partial charge in [0.15, 0.2) is 5.13 Å². The van der Waals surface area contributed by atoms with Gasteiger partial charge in [-0.2, -0.15) is 5.01 Å². The number of nitrogens with two attached hydrogens (primary N) is 1. The highest BCUT2D eigenvalue weighted by molar-refractivity contribution is 7.22. The number of rotatable bonds is 9. The molecule has 6 rings (SSSR count). The first-order valence-corrected chi connectivity index (χ1v) is 16.1. The number of nitrogen functional groups attached to an aromatic ring is 1. The second-order valence-electron chi connectivity index (χ2n) is 11.7. The fraction of sp³-hybridized carbons (Fsp3) is 0.406. The Morgan fingerprint density at radius 1 is 1.18 bits per heavy atom. The lowest BCUT2D eigenvalue weighted by molar-refractivity contribution is -0.157. The standard InChI is InChI=1S/C32H38N8O4S/c1-3-12-38(32(44)35-15-21-8-5-4-6-9-21)39-19-28(42)40-24(14-23-13-20(2)25(41)16-34-23)30(43)37(18-27(39)40)17-22-10-7-11-26-29(22)36-31(33)45-26/h4-11,13,16,20,24-25,27,41H,3,12,14-15,17-19H2,1-2H3,(H2,33,36)(H,35,44)/t20?,24-,25?,27+/m0/s1. The van der Waals surface area contributed by atoms with Crippen LogP contribution in [-0.2, 0) is 22.7 Å². The van der Waals surface area contributed by atoms with Crippen molar-refractivity contribution in [1.82, 2.24) is 30.1 Å². The molecule has 4 heterocycles. The van der Waals surface area contributed by atoms with Gasteiger partial charge in [0.25, 0.3) is 0 Å². The first-order valence-electron chi connectivity index (χ1n) is 15.3. The summed E-state index contributed by atoms with van der Waals surface area (Å²) in [6.45, 7) is 5.06. The minimum atomic E-state index is -0.831. The van der Waals surface area contributed by atoms with Crippen molar-refractivity contribution in [2.24, 2.45) is 10.9 Å². The van der Waals surface area contributed by atoms with Gasteiger partial charge in [-0.15, -0.1) is 0 Å². The van der Waals surface area contributed by atoms with Crippen LogP contribution in [-0.4, -0.2) is 91.9 Å². The molecule has 3 aromatic rings. The van der Waals surface area contributed by atoms with Crippen LogP contribution in [0.5, 0.6) is 0 Å². The van der Waals surface area contributed by atoms with E-state index in [1.165, 1.54) is 17.6 Å². The third kappa shape index (κ3) is 6.28. The zero-order chi connectivity index (χ0) is 31.7. The Bertz CT molecular complexity index is 1640. The maximum absolute atomic E-state index is 14.2. The summed E-state index contributed by atoms with van der Waals surface area (Å²) in [6, 6.07) is 14.3. The molecule has 2 unspecified atom stereocenters. The Labute approximate surface area is 265 Å². The van der Waals surface area contributed by atoms with Gasteiger partial charge >= 0.3 is 6.03 Å². The summed E-state index contributed by atoms with van der Waals surface area (Å²) >= 11 is 1.39. The topological polar surface area (TPSA) is 148 Å². The summed E-state index contributed by atoms with van der Waals surface area (Å²) < 4.78 is 0.934. The number of aliphatic imine (C=N–C) groups is 1. The van der Waals surface area contributed by atoms with Gasteiger partial charge in [-0.1, -0.05) is 73.7 Å². The van der Waals surface area contributed by atoms with E-state index in [4.69, 9.17) is 5.73 Å². The van der Waals surface area contributed by atoms with Gasteiger partial charge in [-0.25, -0.2) is 9.78 Å². The Balaban J connectivity index is 1.31. The molecular formula is C32H38N8O4S. The molecule has 4 atom stereocenters. The van der Waals surface area contributed by atoms with Crippen LogP contribution in [0.2, 0.25) is 0 Å². The minimum Gasteiger partial charge on any atom is -0.387 e. The number of anilines is 1. The fourth-order valence-corrected chi connectivity index (χ4v) is 7.02. The van der Waals surface area contributed by atoms with E-state index >= 15 is 0 Å². The number of para-hydroxylation sites is 1. The van der Waals surface area contributed by atoms with E-state index in [1.54, 1.807) is 19.8 Å². The van der Waals surface area contributed by atoms with Crippen LogP contribution in [0.25, 0.3) is 10.2 Å². The molecule has 1 aromatic heterocycles. The zero-order valence-corrected chi connectivity index (χ0v) is 26.2. The van der Waals surface area contributed by atoms with Crippen molar-refractivity contribution < 1.29 is 19.5 Å². The molecule has 3 aliphatic rings. The number of hydrogen-bond donors (Lipinski definition) is 3. The van der Waals surface area contributed by atoms with Gasteiger partial charge in [0.05, 0.1) is 29.4 Å². The number of hydrazine groups is 1. The number of thiazole rings is 1. The lowest BCUT2D eigenvalue weighted by Crippen LogP contribution is -2.65. The quantitative estimate of drug-likeness (QED) is 0.329. The molecule has 2 saturated heterocycles. The Morgan fingerprint density at radius 3 is 2.73 bits per heavy atom. The van der Waals surface area contributed by atoms with E-state index in [0.29, 0.717) is 30.3 Å². The molecule has 0 radical (unpaired) electrons. The van der Waals surface area contributed by atoms with Crippen LogP contribution in [0.1, 0.15) is 37.8 Å². The van der Waals surface area contributed by atoms with Crippen molar-refractivity contribution in [3.8, 4) is 0 Å². The highest BCUT2D eigenvalue weighted by atomic mass is 32.1. The first kappa shape index (κ1) is 30.7. The summed E-state index contributed by atoms with van der Waals surface area (Å²) in [4.78, 5) is 53.9. The number of aliphatic hydroxyl groups is 1. The van der Waals surface area contributed by atoms with Crippen molar-refractivity contribution in [3.05, 3.63) is 71.4 Å². The third-order valence-corrected chi connectivity index (χ3v) is 9.35. The van der Waals surface area contributed by atoms with Crippen LogP contribution in [0, 0.1) is 5.92 Å². The lowest BCUT2D eigenvalue weighted by atomic mass is 9.97. The Hall–Kier alpha value is -4.33. The molecule has 12 nitrogen and oxygen atoms in total. The molecule has 0 spiro atoms. The van der Waals surface area contributed by atoms with Crippen LogP contribution in [0.3, 0.4) is 0 Å². The normalized spacial score (nSPS) is 23.4. The summed E-state index contributed by atoms with van der Waals surface area (Å²) in [5.74, 6) is -0.597. The molecule has 236 valence electrons. The number of piperazine rings is 1. The van der Waals surface area contributed by atoms with E-state index in [1.807, 2.05) is 68.5 Å². The molecular weight excluding hydrogens is 592 g/mol. The summed E-state index contributed by atoms with van der Waals surface area (Å²) in [7, 11) is 0. The Morgan fingerprint density at radius 2 is 1.98 bits per heavy atom. The number of amides is 4. The lowest BCUT2D eigenvalue weighted by Gasteiger charge is -2.46. The van der Waals surface area contributed by atoms with E-state index in [-0.39, 0.29) is 49.8 Å². The Kier molecular flexibility index (Phi) is 8.83. The highest BCUT2D eigenvalue weighted by Crippen LogP contribution is 2.34. The smallest absolute Gasteiger partial charge is 0.332 e. The predicted molar refractivity (Wildman–Crippen MR) is 173 cm³/mol. The average Bonchev–Trinajstić information content (AvgIpc) is 3.58. The van der Waals surface area contributed by atoms with Crippen LogP contribution < -0.4 is 11.1 Å². The molecule has 4 amide bonds. The number of aromatic nitrogens is 1. The van der Waals surface area contributed by atoms with Crippen LogP contribution in [0.4, 0.5) is 9.93 Å². The van der Waals surface area contributed by atoms with Crippen molar-refractivity contribution >= 4 is 50.7 Å². The maximum Gasteiger partial charge on any atom is 0.332 e. The van der Waals surface area contributed by atoms with Gasteiger partial charge in [0, 0.05) is 43.9 Å². The van der Waals surface area contributed by atoms with E-state index in [0.717, 1.165) is 21.3 Å². The van der Waals surface area contributed by atoms with Crippen LogP contribution in [0.15, 0.2) is 65.3 Å². The second kappa shape index (κ2) is 13.0. The predicted octanol–water partition coefficient (Wildman–Crippen LogP) is 2.95. The van der Waals surface area contributed by atoms with Crippen molar-refractivity contribution in [2.75, 3.05) is 25.4 Å². The molecule has 2 aromatic carbocycles. The molecule has 0 bridgehead atoms. The van der Waals surface area contributed by atoms with Crippen molar-refractivity contribution in [3.63, 3.8) is 0 Å². The number of benzene rings is 2. The molecule has 3 aliphatic heterocycles. The highest BCUT2D eigenvalue weighted by Gasteiger charge is 2.52. The number of aliphatic hydroxyl groups excluding tert-OH is 1.